The Labute approximate surface area is 192 Å². The summed E-state index contributed by atoms with van der Waals surface area (Å²) < 4.78 is 30.9. The lowest BCUT2D eigenvalue weighted by molar-refractivity contribution is -0.114. The van der Waals surface area contributed by atoms with Crippen LogP contribution in [0.1, 0.15) is 23.7 Å². The maximum atomic E-state index is 13.1. The molecule has 1 aromatic heterocycles. The number of aryl methyl sites for hydroxylation is 1. The third kappa shape index (κ3) is 5.05. The van der Waals surface area contributed by atoms with Crippen molar-refractivity contribution in [1.29, 1.82) is 5.26 Å². The Kier molecular flexibility index (Phi) is 6.18. The molecule has 33 heavy (non-hydrogen) atoms. The van der Waals surface area contributed by atoms with Crippen molar-refractivity contribution in [3.8, 4) is 6.07 Å². The smallest absolute Gasteiger partial charge is 0.240 e. The molecule has 9 nitrogen and oxygen atoms in total. The molecule has 0 saturated carbocycles. The Morgan fingerprint density at radius 3 is 2.64 bits per heavy atom. The molecule has 1 atom stereocenters. The van der Waals surface area contributed by atoms with Crippen LogP contribution < -0.4 is 14.9 Å². The van der Waals surface area contributed by atoms with E-state index in [0.717, 1.165) is 16.9 Å². The summed E-state index contributed by atoms with van der Waals surface area (Å²) in [5, 5.41) is 11.9. The summed E-state index contributed by atoms with van der Waals surface area (Å²) in [7, 11) is -1.88. The summed E-state index contributed by atoms with van der Waals surface area (Å²) in [4.78, 5) is 17.6. The van der Waals surface area contributed by atoms with Crippen LogP contribution in [0.25, 0.3) is 0 Å². The molecule has 2 N–H and O–H groups in total. The maximum absolute atomic E-state index is 13.1. The van der Waals surface area contributed by atoms with E-state index in [9.17, 15) is 18.5 Å². The van der Waals surface area contributed by atoms with Gasteiger partial charge in [-0.3, -0.25) is 4.79 Å². The first-order chi connectivity index (χ1) is 15.7. The monoisotopic (exact) mass is 464 g/mol. The number of nitrogens with one attached hydrogen (secondary N) is 2. The van der Waals surface area contributed by atoms with Crippen molar-refractivity contribution in [2.24, 2.45) is 7.05 Å². The number of sulfonamides is 1. The van der Waals surface area contributed by atoms with Gasteiger partial charge in [-0.1, -0.05) is 0 Å². The van der Waals surface area contributed by atoms with E-state index in [4.69, 9.17) is 0 Å². The van der Waals surface area contributed by atoms with Crippen LogP contribution in [0.5, 0.6) is 0 Å². The summed E-state index contributed by atoms with van der Waals surface area (Å²) in [5.41, 5.74) is 3.94. The highest BCUT2D eigenvalue weighted by Crippen LogP contribution is 2.30. The molecule has 170 valence electrons. The summed E-state index contributed by atoms with van der Waals surface area (Å²) in [6.45, 7) is 2.41. The van der Waals surface area contributed by atoms with Gasteiger partial charge in [-0.05, 0) is 54.4 Å². The van der Waals surface area contributed by atoms with Crippen LogP contribution in [-0.4, -0.2) is 36.5 Å². The van der Waals surface area contributed by atoms with Crippen molar-refractivity contribution < 1.29 is 13.2 Å². The van der Waals surface area contributed by atoms with Crippen LogP contribution in [0, 0.1) is 11.3 Å². The molecule has 1 unspecified atom stereocenters. The number of imidazole rings is 1. The molecule has 0 radical (unpaired) electrons. The molecule has 0 aliphatic carbocycles. The van der Waals surface area contributed by atoms with Crippen LogP contribution in [0.4, 0.5) is 11.4 Å². The number of fused-ring (bicyclic) bond motifs is 1. The number of hydrogen-bond acceptors (Lipinski definition) is 6. The molecular weight excluding hydrogens is 440 g/mol. The third-order valence-corrected chi connectivity index (χ3v) is 7.07. The lowest BCUT2D eigenvalue weighted by Gasteiger charge is -2.36. The van der Waals surface area contributed by atoms with Gasteiger partial charge < -0.3 is 14.8 Å². The van der Waals surface area contributed by atoms with Gasteiger partial charge in [0.25, 0.3) is 0 Å². The number of carbonyl (C=O) groups excluding carboxylic acids is 1. The molecule has 4 rings (SSSR count). The van der Waals surface area contributed by atoms with Gasteiger partial charge in [0.1, 0.15) is 0 Å². The molecule has 1 amide bonds. The van der Waals surface area contributed by atoms with Crippen molar-refractivity contribution in [1.82, 2.24) is 14.3 Å². The Balaban J connectivity index is 1.59. The number of anilines is 2. The number of rotatable bonds is 6. The molecule has 3 aromatic rings. The minimum Gasteiger partial charge on any atom is -0.364 e. The fourth-order valence-corrected chi connectivity index (χ4v) is 5.22. The van der Waals surface area contributed by atoms with Crippen LogP contribution in [-0.2, 0) is 34.8 Å². The molecule has 1 aliphatic rings. The van der Waals surface area contributed by atoms with Crippen LogP contribution >= 0.6 is 0 Å². The van der Waals surface area contributed by atoms with Gasteiger partial charge in [0.05, 0.1) is 35.1 Å². The Morgan fingerprint density at radius 1 is 1.24 bits per heavy atom. The zero-order valence-corrected chi connectivity index (χ0v) is 19.1. The highest BCUT2D eigenvalue weighted by molar-refractivity contribution is 7.89. The van der Waals surface area contributed by atoms with Crippen LogP contribution in [0.3, 0.4) is 0 Å². The zero-order chi connectivity index (χ0) is 23.6. The van der Waals surface area contributed by atoms with E-state index in [-0.39, 0.29) is 16.8 Å². The van der Waals surface area contributed by atoms with Crippen molar-refractivity contribution >= 4 is 27.3 Å². The molecule has 0 spiro atoms. The fourth-order valence-electron chi connectivity index (χ4n) is 3.99. The number of amides is 1. The van der Waals surface area contributed by atoms with Gasteiger partial charge in [0.15, 0.2) is 0 Å². The topological polar surface area (TPSA) is 120 Å². The number of aromatic nitrogens is 2. The molecule has 0 bridgehead atoms. The van der Waals surface area contributed by atoms with E-state index in [1.165, 1.54) is 19.1 Å². The van der Waals surface area contributed by atoms with Crippen LogP contribution in [0.15, 0.2) is 59.9 Å². The Morgan fingerprint density at radius 2 is 2.00 bits per heavy atom. The quantitative estimate of drug-likeness (QED) is 0.577. The number of hydrogen-bond donors (Lipinski definition) is 2. The average molecular weight is 465 g/mol. The second-order valence-corrected chi connectivity index (χ2v) is 9.77. The van der Waals surface area contributed by atoms with Gasteiger partial charge in [-0.2, -0.15) is 5.26 Å². The molecule has 2 aromatic carbocycles. The summed E-state index contributed by atoms with van der Waals surface area (Å²) in [6.07, 6.45) is 3.98. The first kappa shape index (κ1) is 22.5. The minimum atomic E-state index is -3.79. The molecule has 2 heterocycles. The Bertz CT molecular complexity index is 1320. The first-order valence-corrected chi connectivity index (χ1v) is 11.9. The predicted molar refractivity (Wildman–Crippen MR) is 124 cm³/mol. The largest absolute Gasteiger partial charge is 0.364 e. The highest BCUT2D eigenvalue weighted by Gasteiger charge is 2.29. The van der Waals surface area contributed by atoms with Crippen LogP contribution in [0.2, 0.25) is 0 Å². The zero-order valence-electron chi connectivity index (χ0n) is 18.3. The first-order valence-electron chi connectivity index (χ1n) is 10.4. The molecule has 1 aliphatic heterocycles. The predicted octanol–water partition coefficient (Wildman–Crippen LogP) is 2.16. The second kappa shape index (κ2) is 9.05. The van der Waals surface area contributed by atoms with Gasteiger partial charge in [-0.15, -0.1) is 0 Å². The molecular formula is C23H24N6O3S. The molecule has 0 saturated heterocycles. The van der Waals surface area contributed by atoms with E-state index in [0.29, 0.717) is 30.8 Å². The summed E-state index contributed by atoms with van der Waals surface area (Å²) in [6, 6.07) is 13.3. The van der Waals surface area contributed by atoms with E-state index in [1.54, 1.807) is 30.7 Å². The third-order valence-electron chi connectivity index (χ3n) is 5.53. The lowest BCUT2D eigenvalue weighted by Crippen LogP contribution is -2.48. The van der Waals surface area contributed by atoms with Gasteiger partial charge >= 0.3 is 0 Å². The molecule has 0 fully saturated rings. The fraction of sp³-hybridized carbons (Fsp3) is 0.261. The van der Waals surface area contributed by atoms with E-state index >= 15 is 0 Å². The lowest BCUT2D eigenvalue weighted by atomic mass is 9.96. The SMILES string of the molecule is CC(=O)Nc1ccc(S(=O)(=O)NC2Cc3cc(C#N)ccc3N(Cc3cncn3C)C2)cc1. The number of nitrogens with zero attached hydrogens (tertiary/aromatic N) is 4. The van der Waals surface area contributed by atoms with E-state index in [1.807, 2.05) is 23.7 Å². The number of carbonyl (C=O) groups is 1. The van der Waals surface area contributed by atoms with E-state index in [2.05, 4.69) is 26.0 Å². The second-order valence-electron chi connectivity index (χ2n) is 8.06. The van der Waals surface area contributed by atoms with E-state index < -0.39 is 10.0 Å². The maximum Gasteiger partial charge on any atom is 0.240 e. The number of nitriles is 1. The Hall–Kier alpha value is -3.68. The van der Waals surface area contributed by atoms with Gasteiger partial charge in [-0.25, -0.2) is 18.1 Å². The van der Waals surface area contributed by atoms with Crippen molar-refractivity contribution in [2.75, 3.05) is 16.8 Å². The standard InChI is InChI=1S/C23H24N6O3S/c1-16(30)26-19-4-6-22(7-5-19)33(31,32)27-20-10-18-9-17(11-24)3-8-23(18)29(13-20)14-21-12-25-15-28(21)2/h3-9,12,15,20,27H,10,13-14H2,1-2H3,(H,26,30). The average Bonchev–Trinajstić information content (AvgIpc) is 3.17. The van der Waals surface area contributed by atoms with Crippen molar-refractivity contribution in [3.63, 3.8) is 0 Å². The van der Waals surface area contributed by atoms with Crippen molar-refractivity contribution in [3.05, 3.63) is 71.8 Å². The molecule has 10 heteroatoms. The summed E-state index contributed by atoms with van der Waals surface area (Å²) >= 11 is 0. The van der Waals surface area contributed by atoms with Crippen molar-refractivity contribution in [2.45, 2.75) is 30.8 Å². The normalized spacial score (nSPS) is 15.5. The minimum absolute atomic E-state index is 0.117. The van der Waals surface area contributed by atoms with Gasteiger partial charge in [0.2, 0.25) is 15.9 Å². The summed E-state index contributed by atoms with van der Waals surface area (Å²) in [5.74, 6) is -0.227. The van der Waals surface area contributed by atoms with Gasteiger partial charge in [0, 0.05) is 44.1 Å². The highest BCUT2D eigenvalue weighted by atomic mass is 32.2. The number of benzene rings is 2.